The van der Waals surface area contributed by atoms with E-state index in [1.165, 1.54) is 70.6 Å². The van der Waals surface area contributed by atoms with Gasteiger partial charge in [-0.05, 0) is 105 Å². The minimum Gasteiger partial charge on any atom is -0.393 e. The van der Waals surface area contributed by atoms with Crippen LogP contribution in [-0.4, -0.2) is 22.4 Å². The van der Waals surface area contributed by atoms with Gasteiger partial charge in [0.05, 0.1) is 12.2 Å². The molecule has 2 nitrogen and oxygen atoms in total. The fraction of sp³-hybridized carbons (Fsp3) is 1.00. The standard InChI is InChI=1S/C26H46O2.C2H6/c1-4-5-6-7-8-24(28)23-12-11-21-20-10-9-18-17-19(27)13-15-25(18,2)22(20)14-16-26(21,23)3;1-2/h18-24,27-28H,4-17H2,1-3H3;1-2H3. The molecule has 0 radical (unpaired) electrons. The maximum absolute atomic E-state index is 11.1. The highest BCUT2D eigenvalue weighted by atomic mass is 16.3. The first-order valence-corrected chi connectivity index (χ1v) is 13.8. The van der Waals surface area contributed by atoms with Crippen molar-refractivity contribution in [2.45, 2.75) is 137 Å². The number of unbranched alkanes of at least 4 members (excludes halogenated alkanes) is 3. The van der Waals surface area contributed by atoms with E-state index in [2.05, 4.69) is 20.8 Å². The molecule has 0 aromatic rings. The lowest BCUT2D eigenvalue weighted by atomic mass is 9.44. The van der Waals surface area contributed by atoms with Crippen molar-refractivity contribution in [3.8, 4) is 0 Å². The second kappa shape index (κ2) is 10.2. The van der Waals surface area contributed by atoms with Gasteiger partial charge >= 0.3 is 0 Å². The van der Waals surface area contributed by atoms with Crippen LogP contribution in [-0.2, 0) is 0 Å². The van der Waals surface area contributed by atoms with Crippen LogP contribution in [0.15, 0.2) is 0 Å². The number of hydrogen-bond acceptors (Lipinski definition) is 2. The summed E-state index contributed by atoms with van der Waals surface area (Å²) in [6.45, 7) is 11.4. The van der Waals surface area contributed by atoms with E-state index in [0.29, 0.717) is 16.7 Å². The van der Waals surface area contributed by atoms with Gasteiger partial charge in [-0.25, -0.2) is 0 Å². The van der Waals surface area contributed by atoms with Crippen LogP contribution in [0.1, 0.15) is 125 Å². The molecule has 176 valence electrons. The Balaban J connectivity index is 0.00000124. The predicted molar refractivity (Wildman–Crippen MR) is 127 cm³/mol. The molecular formula is C28H52O2. The summed E-state index contributed by atoms with van der Waals surface area (Å²) >= 11 is 0. The highest BCUT2D eigenvalue weighted by molar-refractivity contribution is 5.10. The Morgan fingerprint density at radius 3 is 2.27 bits per heavy atom. The number of aliphatic hydroxyl groups is 2. The monoisotopic (exact) mass is 420 g/mol. The zero-order valence-electron chi connectivity index (χ0n) is 20.8. The summed E-state index contributed by atoms with van der Waals surface area (Å²) in [5, 5.41) is 21.3. The molecule has 30 heavy (non-hydrogen) atoms. The zero-order valence-corrected chi connectivity index (χ0v) is 20.8. The third-order valence-electron chi connectivity index (χ3n) is 10.5. The van der Waals surface area contributed by atoms with E-state index in [1.807, 2.05) is 13.8 Å². The molecule has 0 aromatic heterocycles. The molecule has 4 saturated carbocycles. The zero-order chi connectivity index (χ0) is 21.9. The third-order valence-corrected chi connectivity index (χ3v) is 10.5. The van der Waals surface area contributed by atoms with Crippen LogP contribution in [0.4, 0.5) is 0 Å². The molecule has 2 N–H and O–H groups in total. The Labute approximate surface area is 187 Å². The molecule has 4 fully saturated rings. The fourth-order valence-electron chi connectivity index (χ4n) is 8.89. The SMILES string of the molecule is CC.CCCCCCC(O)C1CCC2C3CCC4CC(O)CCC4(C)C3CCC12C. The Morgan fingerprint density at radius 1 is 0.833 bits per heavy atom. The van der Waals surface area contributed by atoms with Gasteiger partial charge in [0.1, 0.15) is 0 Å². The van der Waals surface area contributed by atoms with Crippen LogP contribution in [0.5, 0.6) is 0 Å². The van der Waals surface area contributed by atoms with Crippen molar-refractivity contribution < 1.29 is 10.2 Å². The molecule has 9 atom stereocenters. The van der Waals surface area contributed by atoms with Gasteiger partial charge in [-0.3, -0.25) is 0 Å². The molecule has 9 unspecified atom stereocenters. The lowest BCUT2D eigenvalue weighted by molar-refractivity contribution is -0.133. The van der Waals surface area contributed by atoms with Crippen LogP contribution in [0.2, 0.25) is 0 Å². The molecule has 4 rings (SSSR count). The topological polar surface area (TPSA) is 40.5 Å². The first kappa shape index (κ1) is 24.6. The molecule has 0 bridgehead atoms. The van der Waals surface area contributed by atoms with Gasteiger partial charge in [0.15, 0.2) is 0 Å². The van der Waals surface area contributed by atoms with E-state index in [0.717, 1.165) is 42.9 Å². The summed E-state index contributed by atoms with van der Waals surface area (Å²) < 4.78 is 0. The summed E-state index contributed by atoms with van der Waals surface area (Å²) in [4.78, 5) is 0. The second-order valence-electron chi connectivity index (χ2n) is 11.7. The highest BCUT2D eigenvalue weighted by Gasteiger charge is 2.60. The molecule has 0 amide bonds. The van der Waals surface area contributed by atoms with Crippen molar-refractivity contribution in [1.82, 2.24) is 0 Å². The second-order valence-corrected chi connectivity index (χ2v) is 11.7. The molecule has 0 heterocycles. The van der Waals surface area contributed by atoms with E-state index >= 15 is 0 Å². The van der Waals surface area contributed by atoms with Gasteiger partial charge in [-0.15, -0.1) is 0 Å². The summed E-state index contributed by atoms with van der Waals surface area (Å²) in [5.74, 6) is 3.89. The third kappa shape index (κ3) is 4.39. The van der Waals surface area contributed by atoms with E-state index in [4.69, 9.17) is 0 Å². The normalized spacial score (nSPS) is 46.1. The number of hydrogen-bond donors (Lipinski definition) is 2. The quantitative estimate of drug-likeness (QED) is 0.440. The highest BCUT2D eigenvalue weighted by Crippen LogP contribution is 2.67. The Morgan fingerprint density at radius 2 is 1.53 bits per heavy atom. The van der Waals surface area contributed by atoms with Gasteiger partial charge in [0.2, 0.25) is 0 Å². The van der Waals surface area contributed by atoms with Gasteiger partial charge in [0, 0.05) is 0 Å². The molecule has 0 aliphatic heterocycles. The predicted octanol–water partition coefficient (Wildman–Crippen LogP) is 7.36. The van der Waals surface area contributed by atoms with Crippen molar-refractivity contribution in [1.29, 1.82) is 0 Å². The van der Waals surface area contributed by atoms with E-state index < -0.39 is 0 Å². The Kier molecular flexibility index (Phi) is 8.38. The van der Waals surface area contributed by atoms with E-state index in [-0.39, 0.29) is 12.2 Å². The van der Waals surface area contributed by atoms with Crippen molar-refractivity contribution in [3.05, 3.63) is 0 Å². The number of rotatable bonds is 6. The largest absolute Gasteiger partial charge is 0.393 e. The van der Waals surface area contributed by atoms with Crippen LogP contribution >= 0.6 is 0 Å². The minimum atomic E-state index is -0.0693. The van der Waals surface area contributed by atoms with Crippen molar-refractivity contribution >= 4 is 0 Å². The molecule has 0 spiro atoms. The summed E-state index contributed by atoms with van der Waals surface area (Å²) in [7, 11) is 0. The first-order chi connectivity index (χ1) is 14.4. The number of fused-ring (bicyclic) bond motifs is 5. The van der Waals surface area contributed by atoms with Crippen LogP contribution < -0.4 is 0 Å². The molecule has 2 heteroatoms. The van der Waals surface area contributed by atoms with Crippen LogP contribution in [0.3, 0.4) is 0 Å². The van der Waals surface area contributed by atoms with E-state index in [9.17, 15) is 10.2 Å². The Hall–Kier alpha value is -0.0800. The van der Waals surface area contributed by atoms with Crippen LogP contribution in [0.25, 0.3) is 0 Å². The van der Waals surface area contributed by atoms with Crippen molar-refractivity contribution in [2.24, 2.45) is 40.4 Å². The van der Waals surface area contributed by atoms with Gasteiger partial charge in [-0.1, -0.05) is 60.3 Å². The summed E-state index contributed by atoms with van der Waals surface area (Å²) in [5.41, 5.74) is 0.850. The Bertz CT molecular complexity index is 533. The lowest BCUT2D eigenvalue weighted by Gasteiger charge is -2.61. The van der Waals surface area contributed by atoms with Crippen molar-refractivity contribution in [3.63, 3.8) is 0 Å². The van der Waals surface area contributed by atoms with E-state index in [1.54, 1.807) is 0 Å². The molecule has 4 aliphatic carbocycles. The minimum absolute atomic E-state index is 0.0396. The van der Waals surface area contributed by atoms with Gasteiger partial charge < -0.3 is 10.2 Å². The van der Waals surface area contributed by atoms with Gasteiger partial charge in [0.25, 0.3) is 0 Å². The molecular weight excluding hydrogens is 368 g/mol. The maximum atomic E-state index is 11.1. The van der Waals surface area contributed by atoms with Crippen LogP contribution in [0, 0.1) is 40.4 Å². The molecule has 4 aliphatic rings. The summed E-state index contributed by atoms with van der Waals surface area (Å²) in [6.07, 6.45) is 17.4. The van der Waals surface area contributed by atoms with Crippen molar-refractivity contribution in [2.75, 3.05) is 0 Å². The fourth-order valence-corrected chi connectivity index (χ4v) is 8.89. The number of aliphatic hydroxyl groups excluding tert-OH is 2. The summed E-state index contributed by atoms with van der Waals surface area (Å²) in [6, 6.07) is 0. The molecule has 0 saturated heterocycles. The lowest BCUT2D eigenvalue weighted by Crippen LogP contribution is -2.54. The average Bonchev–Trinajstić information content (AvgIpc) is 3.10. The first-order valence-electron chi connectivity index (χ1n) is 13.8. The average molecular weight is 421 g/mol. The van der Waals surface area contributed by atoms with Gasteiger partial charge in [-0.2, -0.15) is 0 Å². The molecule has 0 aromatic carbocycles. The smallest absolute Gasteiger partial charge is 0.0573 e. The maximum Gasteiger partial charge on any atom is 0.0573 e.